The van der Waals surface area contributed by atoms with Gasteiger partial charge in [-0.25, -0.2) is 0 Å². The summed E-state index contributed by atoms with van der Waals surface area (Å²) in [5.41, 5.74) is 0. The van der Waals surface area contributed by atoms with Crippen LogP contribution in [0.4, 0.5) is 0 Å². The largest absolute Gasteiger partial charge is 0.352 e. The summed E-state index contributed by atoms with van der Waals surface area (Å²) in [7, 11) is 0. The SMILES string of the molecule is C1CN(C2CC2)C(NC2CCNC2)=N1. The first-order valence-electron chi connectivity index (χ1n) is 5.72. The van der Waals surface area contributed by atoms with Crippen LogP contribution in [0.1, 0.15) is 19.3 Å². The lowest BCUT2D eigenvalue weighted by Gasteiger charge is -2.23. The Morgan fingerprint density at radius 3 is 3.00 bits per heavy atom. The first-order chi connectivity index (χ1) is 6.93. The molecular formula is C10H18N4. The van der Waals surface area contributed by atoms with Crippen LogP contribution < -0.4 is 10.6 Å². The first kappa shape index (κ1) is 8.53. The second kappa shape index (κ2) is 3.42. The zero-order chi connectivity index (χ0) is 9.38. The van der Waals surface area contributed by atoms with Crippen molar-refractivity contribution in [3.63, 3.8) is 0 Å². The minimum absolute atomic E-state index is 0.605. The lowest BCUT2D eigenvalue weighted by atomic mass is 10.3. The highest BCUT2D eigenvalue weighted by Gasteiger charge is 2.34. The van der Waals surface area contributed by atoms with Crippen LogP contribution in [0, 0.1) is 0 Å². The van der Waals surface area contributed by atoms with Crippen LogP contribution >= 0.6 is 0 Å². The Bertz CT molecular complexity index is 241. The van der Waals surface area contributed by atoms with Gasteiger partial charge in [-0.15, -0.1) is 0 Å². The summed E-state index contributed by atoms with van der Waals surface area (Å²) in [6.45, 7) is 4.36. The van der Waals surface area contributed by atoms with E-state index in [1.165, 1.54) is 25.2 Å². The van der Waals surface area contributed by atoms with Gasteiger partial charge in [-0.1, -0.05) is 0 Å². The number of aliphatic imine (C=N–C) groups is 1. The van der Waals surface area contributed by atoms with Crippen LogP contribution in [-0.4, -0.2) is 49.1 Å². The average molecular weight is 194 g/mol. The molecule has 4 nitrogen and oxygen atoms in total. The Balaban J connectivity index is 1.59. The van der Waals surface area contributed by atoms with Crippen molar-refractivity contribution >= 4 is 5.96 Å². The van der Waals surface area contributed by atoms with Crippen LogP contribution in [0.5, 0.6) is 0 Å². The number of nitrogens with zero attached hydrogens (tertiary/aromatic N) is 2. The fourth-order valence-electron chi connectivity index (χ4n) is 2.29. The zero-order valence-corrected chi connectivity index (χ0v) is 8.50. The van der Waals surface area contributed by atoms with E-state index in [0.29, 0.717) is 6.04 Å². The van der Waals surface area contributed by atoms with E-state index >= 15 is 0 Å². The average Bonchev–Trinajstić information content (AvgIpc) is 2.74. The van der Waals surface area contributed by atoms with Gasteiger partial charge in [0.2, 0.25) is 0 Å². The predicted molar refractivity (Wildman–Crippen MR) is 56.4 cm³/mol. The van der Waals surface area contributed by atoms with E-state index in [2.05, 4.69) is 20.5 Å². The molecule has 0 aromatic carbocycles. The smallest absolute Gasteiger partial charge is 0.194 e. The molecular weight excluding hydrogens is 176 g/mol. The Kier molecular flexibility index (Phi) is 2.09. The van der Waals surface area contributed by atoms with Gasteiger partial charge in [-0.05, 0) is 25.8 Å². The van der Waals surface area contributed by atoms with Crippen molar-refractivity contribution < 1.29 is 0 Å². The molecule has 4 heteroatoms. The molecule has 2 aliphatic heterocycles. The normalized spacial score (nSPS) is 32.1. The van der Waals surface area contributed by atoms with Gasteiger partial charge in [0.1, 0.15) is 0 Å². The van der Waals surface area contributed by atoms with Crippen molar-refractivity contribution in [3.8, 4) is 0 Å². The van der Waals surface area contributed by atoms with Crippen LogP contribution in [0.2, 0.25) is 0 Å². The molecule has 1 atom stereocenters. The predicted octanol–water partition coefficient (Wildman–Crippen LogP) is -0.228. The lowest BCUT2D eigenvalue weighted by Crippen LogP contribution is -2.45. The molecule has 3 rings (SSSR count). The van der Waals surface area contributed by atoms with Gasteiger partial charge >= 0.3 is 0 Å². The Morgan fingerprint density at radius 1 is 1.36 bits per heavy atom. The maximum atomic E-state index is 4.55. The molecule has 78 valence electrons. The van der Waals surface area contributed by atoms with Crippen LogP contribution in [0.3, 0.4) is 0 Å². The van der Waals surface area contributed by atoms with E-state index in [1.807, 2.05) is 0 Å². The molecule has 0 spiro atoms. The minimum Gasteiger partial charge on any atom is -0.352 e. The lowest BCUT2D eigenvalue weighted by molar-refractivity contribution is 0.425. The van der Waals surface area contributed by atoms with E-state index in [4.69, 9.17) is 0 Å². The van der Waals surface area contributed by atoms with Crippen molar-refractivity contribution in [1.29, 1.82) is 0 Å². The zero-order valence-electron chi connectivity index (χ0n) is 8.50. The summed E-state index contributed by atoms with van der Waals surface area (Å²) in [6, 6.07) is 1.41. The molecule has 0 aromatic rings. The van der Waals surface area contributed by atoms with Gasteiger partial charge < -0.3 is 15.5 Å². The quantitative estimate of drug-likeness (QED) is 0.638. The molecule has 0 aromatic heterocycles. The van der Waals surface area contributed by atoms with Gasteiger partial charge in [0.05, 0.1) is 6.54 Å². The van der Waals surface area contributed by atoms with E-state index in [1.54, 1.807) is 0 Å². The highest BCUT2D eigenvalue weighted by Crippen LogP contribution is 2.28. The Hall–Kier alpha value is -0.770. The van der Waals surface area contributed by atoms with Crippen molar-refractivity contribution in [2.75, 3.05) is 26.2 Å². The summed E-state index contributed by atoms with van der Waals surface area (Å²) < 4.78 is 0. The van der Waals surface area contributed by atoms with Crippen molar-refractivity contribution in [2.45, 2.75) is 31.3 Å². The molecule has 1 aliphatic carbocycles. The van der Waals surface area contributed by atoms with Crippen LogP contribution in [0.25, 0.3) is 0 Å². The van der Waals surface area contributed by atoms with Crippen molar-refractivity contribution in [3.05, 3.63) is 0 Å². The van der Waals surface area contributed by atoms with Crippen molar-refractivity contribution in [1.82, 2.24) is 15.5 Å². The topological polar surface area (TPSA) is 39.7 Å². The van der Waals surface area contributed by atoms with Crippen LogP contribution in [-0.2, 0) is 0 Å². The summed E-state index contributed by atoms with van der Waals surface area (Å²) in [6.07, 6.45) is 3.96. The molecule has 1 saturated heterocycles. The fourth-order valence-corrected chi connectivity index (χ4v) is 2.29. The molecule has 14 heavy (non-hydrogen) atoms. The van der Waals surface area contributed by atoms with E-state index in [9.17, 15) is 0 Å². The molecule has 1 saturated carbocycles. The maximum Gasteiger partial charge on any atom is 0.194 e. The molecule has 2 fully saturated rings. The molecule has 2 heterocycles. The number of hydrogen-bond donors (Lipinski definition) is 2. The fraction of sp³-hybridized carbons (Fsp3) is 0.900. The highest BCUT2D eigenvalue weighted by atomic mass is 15.4. The number of nitrogens with one attached hydrogen (secondary N) is 2. The van der Waals surface area contributed by atoms with Crippen molar-refractivity contribution in [2.24, 2.45) is 4.99 Å². The Morgan fingerprint density at radius 2 is 2.29 bits per heavy atom. The summed E-state index contributed by atoms with van der Waals surface area (Å²) in [4.78, 5) is 7.00. The van der Waals surface area contributed by atoms with Gasteiger partial charge in [0.25, 0.3) is 0 Å². The summed E-state index contributed by atoms with van der Waals surface area (Å²) in [5, 5.41) is 6.93. The minimum atomic E-state index is 0.605. The summed E-state index contributed by atoms with van der Waals surface area (Å²) >= 11 is 0. The molecule has 0 radical (unpaired) electrons. The van der Waals surface area contributed by atoms with Gasteiger partial charge in [0.15, 0.2) is 5.96 Å². The third kappa shape index (κ3) is 1.59. The second-order valence-corrected chi connectivity index (χ2v) is 4.46. The molecule has 1 unspecified atom stereocenters. The number of guanidine groups is 1. The Labute approximate surface area is 84.8 Å². The number of hydrogen-bond acceptors (Lipinski definition) is 4. The van der Waals surface area contributed by atoms with E-state index in [0.717, 1.165) is 32.2 Å². The standard InChI is InChI=1S/C10H18N4/c1-2-9(1)14-6-5-12-10(14)13-8-3-4-11-7-8/h8-9,11H,1-7H2,(H,12,13). The van der Waals surface area contributed by atoms with Gasteiger partial charge in [0, 0.05) is 25.2 Å². The van der Waals surface area contributed by atoms with E-state index in [-0.39, 0.29) is 0 Å². The van der Waals surface area contributed by atoms with Crippen LogP contribution in [0.15, 0.2) is 4.99 Å². The molecule has 3 aliphatic rings. The van der Waals surface area contributed by atoms with Gasteiger partial charge in [-0.3, -0.25) is 4.99 Å². The summed E-state index contributed by atoms with van der Waals surface area (Å²) in [5.74, 6) is 1.17. The maximum absolute atomic E-state index is 4.55. The molecule has 2 N–H and O–H groups in total. The third-order valence-corrected chi connectivity index (χ3v) is 3.26. The number of rotatable bonds is 2. The first-order valence-corrected chi connectivity index (χ1v) is 5.72. The third-order valence-electron chi connectivity index (χ3n) is 3.26. The molecule has 0 amide bonds. The second-order valence-electron chi connectivity index (χ2n) is 4.46. The monoisotopic (exact) mass is 194 g/mol. The highest BCUT2D eigenvalue weighted by molar-refractivity contribution is 5.82. The molecule has 0 bridgehead atoms. The van der Waals surface area contributed by atoms with E-state index < -0.39 is 0 Å². The van der Waals surface area contributed by atoms with Gasteiger partial charge in [-0.2, -0.15) is 0 Å².